The fourth-order valence-corrected chi connectivity index (χ4v) is 0.400. The molecule has 0 unspecified atom stereocenters. The molecule has 6 heteroatoms. The van der Waals surface area contributed by atoms with Crippen molar-refractivity contribution in [3.8, 4) is 0 Å². The maximum Gasteiger partial charge on any atom is 0.0948 e. The SMILES string of the molecule is C.CN=C(C)C.CN=C(C)C.CN=C(C)N(C)C.CN=C(C)N(C)C. The molecule has 0 saturated carbocycles. The Bertz CT molecular complexity index is 345. The van der Waals surface area contributed by atoms with Crippen molar-refractivity contribution in [1.29, 1.82) is 0 Å². The van der Waals surface area contributed by atoms with E-state index in [-0.39, 0.29) is 7.43 Å². The quantitative estimate of drug-likeness (QED) is 0.485. The van der Waals surface area contributed by atoms with Crippen molar-refractivity contribution in [2.24, 2.45) is 20.0 Å². The van der Waals surface area contributed by atoms with Crippen LogP contribution in [0.1, 0.15) is 49.0 Å². The fraction of sp³-hybridized carbons (Fsp3) is 0.789. The Morgan fingerprint density at radius 2 is 0.640 bits per heavy atom. The molecule has 0 N–H and O–H groups in total. The summed E-state index contributed by atoms with van der Waals surface area (Å²) in [5, 5.41) is 0. The van der Waals surface area contributed by atoms with Gasteiger partial charge in [0.25, 0.3) is 0 Å². The molecule has 6 nitrogen and oxygen atoms in total. The molecular formula is C19H46N6. The highest BCUT2D eigenvalue weighted by atomic mass is 15.1. The molecule has 0 aromatic heterocycles. The Kier molecular flexibility index (Phi) is 33.9. The summed E-state index contributed by atoms with van der Waals surface area (Å²) in [5.74, 6) is 2.11. The van der Waals surface area contributed by atoms with E-state index in [4.69, 9.17) is 0 Å². The molecule has 152 valence electrons. The predicted molar refractivity (Wildman–Crippen MR) is 122 cm³/mol. The predicted octanol–water partition coefficient (Wildman–Crippen LogP) is 4.02. The summed E-state index contributed by atoms with van der Waals surface area (Å²) in [5.41, 5.74) is 2.26. The highest BCUT2D eigenvalue weighted by molar-refractivity contribution is 5.79. The Morgan fingerprint density at radius 3 is 0.640 bits per heavy atom. The Morgan fingerprint density at radius 1 is 0.480 bits per heavy atom. The average molecular weight is 359 g/mol. The molecule has 0 aliphatic rings. The second-order valence-electron chi connectivity index (χ2n) is 5.67. The van der Waals surface area contributed by atoms with Gasteiger partial charge in [0.2, 0.25) is 0 Å². The van der Waals surface area contributed by atoms with Crippen molar-refractivity contribution in [1.82, 2.24) is 9.80 Å². The molecule has 0 heterocycles. The third kappa shape index (κ3) is 44.9. The monoisotopic (exact) mass is 358 g/mol. The second-order valence-corrected chi connectivity index (χ2v) is 5.67. The smallest absolute Gasteiger partial charge is 0.0948 e. The summed E-state index contributed by atoms with van der Waals surface area (Å²) in [7, 11) is 15.0. The molecule has 0 amide bonds. The standard InChI is InChI=1S/2C5H12N2.2C4H9N.CH4/c2*1-5(6-2)7(3)4;2*1-4(2)5-3;/h2*1-4H3;2*1-3H3;1H4. The van der Waals surface area contributed by atoms with Crippen molar-refractivity contribution in [3.63, 3.8) is 0 Å². The van der Waals surface area contributed by atoms with Crippen molar-refractivity contribution >= 4 is 23.1 Å². The van der Waals surface area contributed by atoms with Crippen LogP contribution in [0.15, 0.2) is 20.0 Å². The minimum atomic E-state index is 0. The van der Waals surface area contributed by atoms with Crippen LogP contribution in [0.5, 0.6) is 0 Å². The summed E-state index contributed by atoms with van der Waals surface area (Å²) < 4.78 is 0. The van der Waals surface area contributed by atoms with Crippen molar-refractivity contribution in [2.75, 3.05) is 56.4 Å². The molecule has 0 fully saturated rings. The van der Waals surface area contributed by atoms with Crippen LogP contribution < -0.4 is 0 Å². The summed E-state index contributed by atoms with van der Waals surface area (Å²) >= 11 is 0. The molecule has 0 aliphatic carbocycles. The minimum absolute atomic E-state index is 0. The van der Waals surface area contributed by atoms with Crippen molar-refractivity contribution in [2.45, 2.75) is 49.0 Å². The van der Waals surface area contributed by atoms with E-state index in [1.807, 2.05) is 79.5 Å². The molecule has 0 bridgehead atoms. The van der Waals surface area contributed by atoms with E-state index in [0.29, 0.717) is 0 Å². The average Bonchev–Trinajstić information content (AvgIpc) is 2.54. The largest absolute Gasteiger partial charge is 0.367 e. The molecule has 25 heavy (non-hydrogen) atoms. The molecule has 0 aromatic rings. The van der Waals surface area contributed by atoms with Gasteiger partial charge < -0.3 is 9.80 Å². The number of amidine groups is 2. The first-order valence-electron chi connectivity index (χ1n) is 7.92. The lowest BCUT2D eigenvalue weighted by molar-refractivity contribution is 0.617. The molecule has 0 atom stereocenters. The number of aliphatic imine (C=N–C) groups is 4. The highest BCUT2D eigenvalue weighted by Gasteiger charge is 1.85. The molecule has 0 spiro atoms. The van der Waals surface area contributed by atoms with Gasteiger partial charge in [0.15, 0.2) is 0 Å². The van der Waals surface area contributed by atoms with Gasteiger partial charge in [-0.05, 0) is 41.5 Å². The molecular weight excluding hydrogens is 312 g/mol. The summed E-state index contributed by atoms with van der Waals surface area (Å²) in [4.78, 5) is 19.4. The van der Waals surface area contributed by atoms with E-state index >= 15 is 0 Å². The zero-order valence-electron chi connectivity index (χ0n) is 18.7. The van der Waals surface area contributed by atoms with Crippen LogP contribution in [0.3, 0.4) is 0 Å². The van der Waals surface area contributed by atoms with Crippen LogP contribution >= 0.6 is 0 Å². The van der Waals surface area contributed by atoms with Gasteiger partial charge in [0.1, 0.15) is 0 Å². The van der Waals surface area contributed by atoms with Crippen LogP contribution in [0.2, 0.25) is 0 Å². The lowest BCUT2D eigenvalue weighted by atomic mass is 10.5. The van der Waals surface area contributed by atoms with Gasteiger partial charge in [-0.3, -0.25) is 20.0 Å². The van der Waals surface area contributed by atoms with Gasteiger partial charge in [0, 0.05) is 67.8 Å². The van der Waals surface area contributed by atoms with Crippen molar-refractivity contribution < 1.29 is 0 Å². The third-order valence-corrected chi connectivity index (χ3v) is 2.84. The first-order valence-corrected chi connectivity index (χ1v) is 7.92. The van der Waals surface area contributed by atoms with Gasteiger partial charge in [0.05, 0.1) is 11.7 Å². The zero-order valence-corrected chi connectivity index (χ0v) is 18.7. The van der Waals surface area contributed by atoms with Gasteiger partial charge in [-0.2, -0.15) is 0 Å². The van der Waals surface area contributed by atoms with Gasteiger partial charge in [-0.15, -0.1) is 0 Å². The van der Waals surface area contributed by atoms with Gasteiger partial charge in [-0.25, -0.2) is 0 Å². The van der Waals surface area contributed by atoms with Crippen LogP contribution in [-0.4, -0.2) is 89.3 Å². The fourth-order valence-electron chi connectivity index (χ4n) is 0.400. The lowest BCUT2D eigenvalue weighted by Gasteiger charge is -2.08. The van der Waals surface area contributed by atoms with E-state index in [1.54, 1.807) is 28.2 Å². The Labute approximate surface area is 158 Å². The van der Waals surface area contributed by atoms with Gasteiger partial charge >= 0.3 is 0 Å². The first-order chi connectivity index (χ1) is 10.9. The van der Waals surface area contributed by atoms with Crippen LogP contribution in [0, 0.1) is 0 Å². The number of hydrogen-bond acceptors (Lipinski definition) is 4. The number of rotatable bonds is 0. The maximum atomic E-state index is 3.93. The van der Waals surface area contributed by atoms with Crippen LogP contribution in [0.4, 0.5) is 0 Å². The topological polar surface area (TPSA) is 55.9 Å². The highest BCUT2D eigenvalue weighted by Crippen LogP contribution is 1.77. The third-order valence-electron chi connectivity index (χ3n) is 2.84. The van der Waals surface area contributed by atoms with E-state index in [1.165, 1.54) is 0 Å². The molecule has 0 aromatic carbocycles. The minimum Gasteiger partial charge on any atom is -0.367 e. The normalized spacial score (nSPS) is 9.36. The summed E-state index contributed by atoms with van der Waals surface area (Å²) in [6.07, 6.45) is 0. The molecule has 0 rings (SSSR count). The van der Waals surface area contributed by atoms with Crippen molar-refractivity contribution in [3.05, 3.63) is 0 Å². The lowest BCUT2D eigenvalue weighted by Crippen LogP contribution is -2.17. The first kappa shape index (κ1) is 34.6. The van der Waals surface area contributed by atoms with E-state index in [0.717, 1.165) is 23.1 Å². The maximum absolute atomic E-state index is 3.93. The van der Waals surface area contributed by atoms with Crippen LogP contribution in [0.25, 0.3) is 0 Å². The Balaban J connectivity index is -0.0000000711. The molecule has 0 aliphatic heterocycles. The summed E-state index contributed by atoms with van der Waals surface area (Å²) in [6.45, 7) is 11.8. The Hall–Kier alpha value is -1.72. The second kappa shape index (κ2) is 24.5. The zero-order chi connectivity index (χ0) is 20.3. The van der Waals surface area contributed by atoms with Gasteiger partial charge in [-0.1, -0.05) is 7.43 Å². The van der Waals surface area contributed by atoms with E-state index < -0.39 is 0 Å². The van der Waals surface area contributed by atoms with Crippen LogP contribution in [-0.2, 0) is 0 Å². The number of hydrogen-bond donors (Lipinski definition) is 0. The number of nitrogens with zero attached hydrogens (tertiary/aromatic N) is 6. The summed E-state index contributed by atoms with van der Waals surface area (Å²) in [6, 6.07) is 0. The van der Waals surface area contributed by atoms with E-state index in [2.05, 4.69) is 20.0 Å². The van der Waals surface area contributed by atoms with E-state index in [9.17, 15) is 0 Å². The molecule has 0 saturated heterocycles. The molecule has 0 radical (unpaired) electrons.